The number of hydrogen-bond donors (Lipinski definition) is 4. The molecule has 35 heavy (non-hydrogen) atoms. The van der Waals surface area contributed by atoms with Crippen LogP contribution in [0.15, 0.2) is 47.3 Å². The molecule has 3 heterocycles. The minimum atomic E-state index is -0.716. The highest BCUT2D eigenvalue weighted by Gasteiger charge is 2.25. The van der Waals surface area contributed by atoms with Crippen LogP contribution in [0.4, 0.5) is 5.82 Å². The maximum Gasteiger partial charge on any atom is 0.251 e. The molecular formula is C26H31N5O4. The number of ether oxygens (including phenoxy) is 1. The average molecular weight is 478 g/mol. The van der Waals surface area contributed by atoms with E-state index in [-0.39, 0.29) is 18.5 Å². The van der Waals surface area contributed by atoms with Crippen LogP contribution in [0, 0.1) is 6.92 Å². The third-order valence-electron chi connectivity index (χ3n) is 6.80. The highest BCUT2D eigenvalue weighted by molar-refractivity contribution is 5.94. The van der Waals surface area contributed by atoms with E-state index in [4.69, 9.17) is 9.15 Å². The number of fused-ring (bicyclic) bond motifs is 1. The predicted molar refractivity (Wildman–Crippen MR) is 130 cm³/mol. The fourth-order valence-electron chi connectivity index (χ4n) is 4.35. The molecule has 0 saturated heterocycles. The number of anilines is 1. The van der Waals surface area contributed by atoms with Gasteiger partial charge < -0.3 is 30.2 Å². The average Bonchev–Trinajstić information content (AvgIpc) is 3.27. The number of pyridine rings is 1. The van der Waals surface area contributed by atoms with Crippen LogP contribution in [-0.2, 0) is 19.6 Å². The second-order valence-electron chi connectivity index (χ2n) is 9.25. The molecule has 1 aliphatic carbocycles. The van der Waals surface area contributed by atoms with Crippen LogP contribution in [0.2, 0.25) is 0 Å². The molecular weight excluding hydrogens is 446 g/mol. The van der Waals surface area contributed by atoms with Gasteiger partial charge in [-0.2, -0.15) is 0 Å². The SMILES string of the molecule is Cc1ncoc1COc1ccc2c(c1)CNC(C(O)CNC(=O)c1ccnc(NC3CCC3)c1)C2. The summed E-state index contributed by atoms with van der Waals surface area (Å²) in [5, 5.41) is 20.3. The molecule has 2 aromatic heterocycles. The van der Waals surface area contributed by atoms with Crippen molar-refractivity contribution in [2.75, 3.05) is 11.9 Å². The first kappa shape index (κ1) is 23.3. The van der Waals surface area contributed by atoms with Crippen molar-refractivity contribution in [3.8, 4) is 5.75 Å². The van der Waals surface area contributed by atoms with Gasteiger partial charge in [0.2, 0.25) is 0 Å². The number of carbonyl (C=O) groups excluding carboxylic acids is 1. The summed E-state index contributed by atoms with van der Waals surface area (Å²) in [6, 6.07) is 9.72. The fraction of sp³-hybridized carbons (Fsp3) is 0.423. The molecule has 0 radical (unpaired) electrons. The van der Waals surface area contributed by atoms with Crippen molar-refractivity contribution in [3.05, 3.63) is 71.1 Å². The lowest BCUT2D eigenvalue weighted by Crippen LogP contribution is -2.49. The van der Waals surface area contributed by atoms with Gasteiger partial charge >= 0.3 is 0 Å². The van der Waals surface area contributed by atoms with E-state index < -0.39 is 6.10 Å². The van der Waals surface area contributed by atoms with Gasteiger partial charge in [-0.15, -0.1) is 0 Å². The Morgan fingerprint density at radius 2 is 2.14 bits per heavy atom. The quantitative estimate of drug-likeness (QED) is 0.371. The van der Waals surface area contributed by atoms with Crippen molar-refractivity contribution < 1.29 is 19.1 Å². The van der Waals surface area contributed by atoms with E-state index in [9.17, 15) is 9.90 Å². The summed E-state index contributed by atoms with van der Waals surface area (Å²) < 4.78 is 11.2. The number of rotatable bonds is 9. The number of amides is 1. The molecule has 2 aliphatic rings. The number of benzene rings is 1. The summed E-state index contributed by atoms with van der Waals surface area (Å²) in [5.41, 5.74) is 3.64. The smallest absolute Gasteiger partial charge is 0.251 e. The van der Waals surface area contributed by atoms with Crippen molar-refractivity contribution in [2.45, 2.75) is 63.9 Å². The molecule has 4 N–H and O–H groups in total. The number of oxazole rings is 1. The number of carbonyl (C=O) groups is 1. The predicted octanol–water partition coefficient (Wildman–Crippen LogP) is 2.73. The van der Waals surface area contributed by atoms with Crippen molar-refractivity contribution in [2.24, 2.45) is 0 Å². The zero-order chi connectivity index (χ0) is 24.2. The Bertz CT molecular complexity index is 1180. The van der Waals surface area contributed by atoms with Crippen molar-refractivity contribution in [3.63, 3.8) is 0 Å². The molecule has 184 valence electrons. The van der Waals surface area contributed by atoms with E-state index in [1.54, 1.807) is 18.3 Å². The molecule has 0 spiro atoms. The molecule has 1 fully saturated rings. The standard InChI is InChI=1S/C26H31N5O4/c1-16-24(35-15-30-16)14-34-21-6-5-17-10-22(28-12-19(17)9-21)23(32)13-29-26(33)18-7-8-27-25(11-18)31-20-3-2-4-20/h5-9,11,15,20,22-23,28,32H,2-4,10,12-14H2,1H3,(H,27,31)(H,29,33). The fourth-order valence-corrected chi connectivity index (χ4v) is 4.35. The number of aliphatic hydroxyl groups excluding tert-OH is 1. The maximum atomic E-state index is 12.6. The van der Waals surface area contributed by atoms with Crippen LogP contribution >= 0.6 is 0 Å². The minimum Gasteiger partial charge on any atom is -0.486 e. The van der Waals surface area contributed by atoms with E-state index in [1.165, 1.54) is 12.8 Å². The summed E-state index contributed by atoms with van der Waals surface area (Å²) in [6.07, 6.45) is 6.51. The molecule has 9 nitrogen and oxygen atoms in total. The zero-order valence-electron chi connectivity index (χ0n) is 19.8. The monoisotopic (exact) mass is 477 g/mol. The number of aryl methyl sites for hydroxylation is 1. The Labute approximate surface area is 204 Å². The first-order valence-corrected chi connectivity index (χ1v) is 12.1. The van der Waals surface area contributed by atoms with E-state index in [0.717, 1.165) is 35.4 Å². The summed E-state index contributed by atoms with van der Waals surface area (Å²) in [4.78, 5) is 21.0. The van der Waals surface area contributed by atoms with Gasteiger partial charge in [0, 0.05) is 36.9 Å². The maximum absolute atomic E-state index is 12.6. The summed E-state index contributed by atoms with van der Waals surface area (Å²) in [7, 11) is 0. The Hall–Kier alpha value is -3.43. The van der Waals surface area contributed by atoms with Gasteiger partial charge in [0.25, 0.3) is 5.91 Å². The Morgan fingerprint density at radius 1 is 1.26 bits per heavy atom. The Morgan fingerprint density at radius 3 is 2.91 bits per heavy atom. The van der Waals surface area contributed by atoms with Crippen molar-refractivity contribution in [1.82, 2.24) is 20.6 Å². The summed E-state index contributed by atoms with van der Waals surface area (Å²) >= 11 is 0. The second-order valence-corrected chi connectivity index (χ2v) is 9.25. The van der Waals surface area contributed by atoms with E-state index in [2.05, 4.69) is 25.9 Å². The molecule has 9 heteroatoms. The summed E-state index contributed by atoms with van der Waals surface area (Å²) in [6.45, 7) is 2.99. The molecule has 2 atom stereocenters. The van der Waals surface area contributed by atoms with Gasteiger partial charge in [0.05, 0.1) is 11.8 Å². The van der Waals surface area contributed by atoms with Crippen LogP contribution < -0.4 is 20.7 Å². The van der Waals surface area contributed by atoms with E-state index in [0.29, 0.717) is 42.8 Å². The van der Waals surface area contributed by atoms with Gasteiger partial charge in [-0.3, -0.25) is 4.79 Å². The third-order valence-corrected chi connectivity index (χ3v) is 6.80. The third kappa shape index (κ3) is 5.63. The topological polar surface area (TPSA) is 122 Å². The summed E-state index contributed by atoms with van der Waals surface area (Å²) in [5.74, 6) is 1.97. The molecule has 1 aliphatic heterocycles. The molecule has 1 saturated carbocycles. The lowest BCUT2D eigenvalue weighted by Gasteiger charge is -2.30. The van der Waals surface area contributed by atoms with Crippen LogP contribution in [0.5, 0.6) is 5.75 Å². The molecule has 2 unspecified atom stereocenters. The molecule has 5 rings (SSSR count). The van der Waals surface area contributed by atoms with E-state index >= 15 is 0 Å². The highest BCUT2D eigenvalue weighted by Crippen LogP contribution is 2.25. The van der Waals surface area contributed by atoms with E-state index in [1.807, 2.05) is 25.1 Å². The van der Waals surface area contributed by atoms with Gasteiger partial charge in [-0.05, 0) is 68.0 Å². The molecule has 3 aromatic rings. The lowest BCUT2D eigenvalue weighted by atomic mass is 9.92. The van der Waals surface area contributed by atoms with Gasteiger partial charge in [-0.25, -0.2) is 9.97 Å². The first-order chi connectivity index (χ1) is 17.0. The number of aliphatic hydroxyl groups is 1. The van der Waals surface area contributed by atoms with Crippen LogP contribution in [-0.4, -0.2) is 45.7 Å². The van der Waals surface area contributed by atoms with Gasteiger partial charge in [-0.1, -0.05) is 6.07 Å². The van der Waals surface area contributed by atoms with Gasteiger partial charge in [0.1, 0.15) is 18.2 Å². The van der Waals surface area contributed by atoms with Crippen molar-refractivity contribution in [1.29, 1.82) is 0 Å². The number of nitrogens with one attached hydrogen (secondary N) is 3. The molecule has 1 amide bonds. The van der Waals surface area contributed by atoms with Gasteiger partial charge in [0.15, 0.2) is 12.2 Å². The van der Waals surface area contributed by atoms with Crippen molar-refractivity contribution >= 4 is 11.7 Å². The Balaban J connectivity index is 1.12. The largest absolute Gasteiger partial charge is 0.486 e. The first-order valence-electron chi connectivity index (χ1n) is 12.1. The highest BCUT2D eigenvalue weighted by atomic mass is 16.5. The van der Waals surface area contributed by atoms with Crippen LogP contribution in [0.25, 0.3) is 0 Å². The lowest BCUT2D eigenvalue weighted by molar-refractivity contribution is 0.0870. The van der Waals surface area contributed by atoms with Crippen LogP contribution in [0.1, 0.15) is 52.2 Å². The number of aromatic nitrogens is 2. The normalized spacial score (nSPS) is 18.3. The number of hydrogen-bond acceptors (Lipinski definition) is 8. The second kappa shape index (κ2) is 10.5. The van der Waals surface area contributed by atoms with Crippen LogP contribution in [0.3, 0.4) is 0 Å². The molecule has 0 bridgehead atoms. The number of nitrogens with zero attached hydrogens (tertiary/aromatic N) is 2. The zero-order valence-corrected chi connectivity index (χ0v) is 19.8. The minimum absolute atomic E-state index is 0.153. The Kier molecular flexibility index (Phi) is 6.96. The molecule has 1 aromatic carbocycles.